The first-order valence-corrected chi connectivity index (χ1v) is 7.44. The SMILES string of the molecule is CC1(Oc2ccc(F)cc2N)CC(OCc2ccccc2)C1. The Labute approximate surface area is 129 Å². The van der Waals surface area contributed by atoms with Gasteiger partial charge >= 0.3 is 0 Å². The maximum Gasteiger partial charge on any atom is 0.143 e. The van der Waals surface area contributed by atoms with Crippen LogP contribution in [0.15, 0.2) is 48.5 Å². The average molecular weight is 301 g/mol. The van der Waals surface area contributed by atoms with Gasteiger partial charge in [-0.05, 0) is 24.6 Å². The van der Waals surface area contributed by atoms with Gasteiger partial charge in [-0.15, -0.1) is 0 Å². The number of benzene rings is 2. The van der Waals surface area contributed by atoms with E-state index in [0.29, 0.717) is 18.0 Å². The quantitative estimate of drug-likeness (QED) is 0.851. The number of halogens is 1. The first kappa shape index (κ1) is 14.9. The molecule has 3 rings (SSSR count). The zero-order valence-corrected chi connectivity index (χ0v) is 12.6. The van der Waals surface area contributed by atoms with E-state index in [1.165, 1.54) is 17.7 Å². The van der Waals surface area contributed by atoms with Gasteiger partial charge in [0.2, 0.25) is 0 Å². The van der Waals surface area contributed by atoms with E-state index in [-0.39, 0.29) is 17.5 Å². The van der Waals surface area contributed by atoms with Crippen LogP contribution in [0.2, 0.25) is 0 Å². The van der Waals surface area contributed by atoms with Crippen LogP contribution in [0.3, 0.4) is 0 Å². The van der Waals surface area contributed by atoms with E-state index in [9.17, 15) is 4.39 Å². The summed E-state index contributed by atoms with van der Waals surface area (Å²) in [7, 11) is 0. The van der Waals surface area contributed by atoms with Crippen molar-refractivity contribution in [3.63, 3.8) is 0 Å². The Morgan fingerprint density at radius 2 is 1.91 bits per heavy atom. The van der Waals surface area contributed by atoms with Gasteiger partial charge in [0, 0.05) is 18.9 Å². The molecule has 1 aliphatic rings. The second kappa shape index (κ2) is 5.97. The van der Waals surface area contributed by atoms with E-state index in [1.54, 1.807) is 6.07 Å². The molecule has 1 fully saturated rings. The molecule has 0 heterocycles. The van der Waals surface area contributed by atoms with Crippen molar-refractivity contribution in [1.29, 1.82) is 0 Å². The number of ether oxygens (including phenoxy) is 2. The third-order valence-electron chi connectivity index (χ3n) is 3.98. The van der Waals surface area contributed by atoms with Crippen molar-refractivity contribution >= 4 is 5.69 Å². The molecule has 4 heteroatoms. The van der Waals surface area contributed by atoms with Crippen LogP contribution in [-0.2, 0) is 11.3 Å². The van der Waals surface area contributed by atoms with Gasteiger partial charge < -0.3 is 15.2 Å². The average Bonchev–Trinajstić information content (AvgIpc) is 2.47. The Morgan fingerprint density at radius 3 is 2.59 bits per heavy atom. The monoisotopic (exact) mass is 301 g/mol. The van der Waals surface area contributed by atoms with Gasteiger partial charge in [-0.2, -0.15) is 0 Å². The zero-order chi connectivity index (χ0) is 15.6. The van der Waals surface area contributed by atoms with Crippen LogP contribution >= 0.6 is 0 Å². The second-order valence-corrected chi connectivity index (χ2v) is 6.06. The van der Waals surface area contributed by atoms with E-state index in [2.05, 4.69) is 0 Å². The molecule has 3 nitrogen and oxygen atoms in total. The van der Waals surface area contributed by atoms with Crippen molar-refractivity contribution in [2.24, 2.45) is 0 Å². The number of hydrogen-bond acceptors (Lipinski definition) is 3. The van der Waals surface area contributed by atoms with Crippen molar-refractivity contribution in [1.82, 2.24) is 0 Å². The lowest BCUT2D eigenvalue weighted by Crippen LogP contribution is -2.50. The first-order valence-electron chi connectivity index (χ1n) is 7.44. The summed E-state index contributed by atoms with van der Waals surface area (Å²) in [6.07, 6.45) is 1.79. The molecule has 2 aromatic rings. The van der Waals surface area contributed by atoms with E-state index < -0.39 is 0 Å². The molecule has 0 aromatic heterocycles. The highest BCUT2D eigenvalue weighted by Gasteiger charge is 2.43. The molecular weight excluding hydrogens is 281 g/mol. The molecule has 0 amide bonds. The van der Waals surface area contributed by atoms with Crippen LogP contribution in [-0.4, -0.2) is 11.7 Å². The smallest absolute Gasteiger partial charge is 0.143 e. The Hall–Kier alpha value is -2.07. The molecule has 0 atom stereocenters. The number of anilines is 1. The van der Waals surface area contributed by atoms with E-state index in [4.69, 9.17) is 15.2 Å². The normalized spacial score (nSPS) is 23.8. The van der Waals surface area contributed by atoms with Crippen molar-refractivity contribution in [3.8, 4) is 5.75 Å². The predicted octanol–water partition coefficient (Wildman–Crippen LogP) is 3.92. The van der Waals surface area contributed by atoms with Crippen molar-refractivity contribution in [2.45, 2.75) is 38.1 Å². The molecule has 0 saturated heterocycles. The van der Waals surface area contributed by atoms with E-state index in [1.807, 2.05) is 37.3 Å². The zero-order valence-electron chi connectivity index (χ0n) is 12.6. The molecule has 116 valence electrons. The molecule has 0 aliphatic heterocycles. The third-order valence-corrected chi connectivity index (χ3v) is 3.98. The fraction of sp³-hybridized carbons (Fsp3) is 0.333. The summed E-state index contributed by atoms with van der Waals surface area (Å²) in [5.41, 5.74) is 6.98. The standard InChI is InChI=1S/C18H20FNO2/c1-18(22-17-8-7-14(19)9-16(17)20)10-15(11-18)21-12-13-5-3-2-4-6-13/h2-9,15H,10-12,20H2,1H3. The fourth-order valence-electron chi connectivity index (χ4n) is 2.77. The van der Waals surface area contributed by atoms with Gasteiger partial charge in [0.1, 0.15) is 17.2 Å². The molecule has 1 aliphatic carbocycles. The first-order chi connectivity index (χ1) is 10.5. The van der Waals surface area contributed by atoms with Crippen LogP contribution in [0.25, 0.3) is 0 Å². The van der Waals surface area contributed by atoms with Crippen LogP contribution in [0.4, 0.5) is 10.1 Å². The summed E-state index contributed by atoms with van der Waals surface area (Å²) >= 11 is 0. The Kier molecular flexibility index (Phi) is 4.03. The Bertz CT molecular complexity index is 639. The van der Waals surface area contributed by atoms with Crippen LogP contribution in [0.1, 0.15) is 25.3 Å². The molecule has 1 saturated carbocycles. The third kappa shape index (κ3) is 3.39. The van der Waals surface area contributed by atoms with Gasteiger partial charge in [0.25, 0.3) is 0 Å². The minimum Gasteiger partial charge on any atom is -0.485 e. The lowest BCUT2D eigenvalue weighted by molar-refractivity contribution is -0.120. The van der Waals surface area contributed by atoms with Crippen LogP contribution < -0.4 is 10.5 Å². The highest BCUT2D eigenvalue weighted by molar-refractivity contribution is 5.52. The number of rotatable bonds is 5. The summed E-state index contributed by atoms with van der Waals surface area (Å²) in [6, 6.07) is 14.3. The van der Waals surface area contributed by atoms with Crippen LogP contribution in [0.5, 0.6) is 5.75 Å². The highest BCUT2D eigenvalue weighted by atomic mass is 19.1. The molecule has 22 heavy (non-hydrogen) atoms. The van der Waals surface area contributed by atoms with Crippen molar-refractivity contribution < 1.29 is 13.9 Å². The summed E-state index contributed by atoms with van der Waals surface area (Å²) in [6.45, 7) is 2.64. The summed E-state index contributed by atoms with van der Waals surface area (Å²) in [5, 5.41) is 0. The van der Waals surface area contributed by atoms with Crippen molar-refractivity contribution in [2.75, 3.05) is 5.73 Å². The second-order valence-electron chi connectivity index (χ2n) is 6.06. The minimum atomic E-state index is -0.354. The lowest BCUT2D eigenvalue weighted by atomic mass is 9.78. The van der Waals surface area contributed by atoms with Crippen molar-refractivity contribution in [3.05, 3.63) is 59.9 Å². The largest absolute Gasteiger partial charge is 0.485 e. The minimum absolute atomic E-state index is 0.187. The molecule has 2 N–H and O–H groups in total. The molecule has 0 radical (unpaired) electrons. The van der Waals surface area contributed by atoms with Gasteiger partial charge in [-0.3, -0.25) is 0 Å². The molecule has 0 unspecified atom stereocenters. The van der Waals surface area contributed by atoms with Gasteiger partial charge in [0.05, 0.1) is 18.4 Å². The molecule has 2 aromatic carbocycles. The van der Waals surface area contributed by atoms with E-state index >= 15 is 0 Å². The lowest BCUT2D eigenvalue weighted by Gasteiger charge is -2.44. The molecular formula is C18H20FNO2. The summed E-state index contributed by atoms with van der Waals surface area (Å²) < 4.78 is 24.9. The van der Waals surface area contributed by atoms with Crippen LogP contribution in [0, 0.1) is 5.82 Å². The fourth-order valence-corrected chi connectivity index (χ4v) is 2.77. The summed E-state index contributed by atoms with van der Waals surface area (Å²) in [5.74, 6) is 0.179. The summed E-state index contributed by atoms with van der Waals surface area (Å²) in [4.78, 5) is 0. The molecule has 0 spiro atoms. The number of nitrogen functional groups attached to an aromatic ring is 1. The Balaban J connectivity index is 1.51. The molecule has 0 bridgehead atoms. The van der Waals surface area contributed by atoms with E-state index in [0.717, 1.165) is 12.8 Å². The maximum absolute atomic E-state index is 13.0. The highest BCUT2D eigenvalue weighted by Crippen LogP contribution is 2.40. The van der Waals surface area contributed by atoms with Gasteiger partial charge in [-0.25, -0.2) is 4.39 Å². The Morgan fingerprint density at radius 1 is 1.18 bits per heavy atom. The van der Waals surface area contributed by atoms with Gasteiger partial charge in [-0.1, -0.05) is 30.3 Å². The van der Waals surface area contributed by atoms with Gasteiger partial charge in [0.15, 0.2) is 0 Å². The number of nitrogens with two attached hydrogens (primary N) is 1. The predicted molar refractivity (Wildman–Crippen MR) is 84.1 cm³/mol. The topological polar surface area (TPSA) is 44.5 Å². The number of hydrogen-bond donors (Lipinski definition) is 1. The maximum atomic E-state index is 13.0.